The van der Waals surface area contributed by atoms with Crippen molar-refractivity contribution >= 4 is 22.8 Å². The maximum Gasteiger partial charge on any atom is 0.409 e. The minimum atomic E-state index is -1.06. The fourth-order valence-corrected chi connectivity index (χ4v) is 7.03. The summed E-state index contributed by atoms with van der Waals surface area (Å²) >= 11 is 0. The molecule has 2 aromatic rings. The lowest BCUT2D eigenvalue weighted by Crippen LogP contribution is -2.56. The molecule has 1 saturated heterocycles. The predicted molar refractivity (Wildman–Crippen MR) is 145 cm³/mol. The van der Waals surface area contributed by atoms with Crippen molar-refractivity contribution in [1.29, 1.82) is 0 Å². The van der Waals surface area contributed by atoms with Gasteiger partial charge in [-0.2, -0.15) is 0 Å². The Hall–Kier alpha value is -2.60. The van der Waals surface area contributed by atoms with E-state index in [-0.39, 0.29) is 12.0 Å². The van der Waals surface area contributed by atoms with Crippen LogP contribution in [0.1, 0.15) is 76.2 Å². The van der Waals surface area contributed by atoms with Gasteiger partial charge in [-0.3, -0.25) is 4.79 Å². The van der Waals surface area contributed by atoms with Crippen LogP contribution in [0, 0.1) is 11.8 Å². The van der Waals surface area contributed by atoms with Crippen LogP contribution in [0.15, 0.2) is 42.5 Å². The number of rotatable bonds is 6. The fraction of sp³-hybridized carbons (Fsp3) is 0.613. The summed E-state index contributed by atoms with van der Waals surface area (Å²) in [5, 5.41) is 14.4. The number of hydrogen-bond acceptors (Lipinski definition) is 4. The van der Waals surface area contributed by atoms with Gasteiger partial charge in [0.25, 0.3) is 0 Å². The normalized spacial score (nSPS) is 27.0. The van der Waals surface area contributed by atoms with Crippen LogP contribution in [-0.4, -0.2) is 65.3 Å². The summed E-state index contributed by atoms with van der Waals surface area (Å²) in [4.78, 5) is 30.3. The monoisotopic (exact) mass is 506 g/mol. The molecule has 1 aliphatic heterocycles. The van der Waals surface area contributed by atoms with E-state index in [0.717, 1.165) is 42.0 Å². The SMILES string of the molecule is CCCCOC(=O)N1CCN(C(=O)C(c2cccc3ccccc23)C2(O)CCC3CCCCC3C2)CC1. The first kappa shape index (κ1) is 26.0. The van der Waals surface area contributed by atoms with Crippen molar-refractivity contribution in [3.05, 3.63) is 48.0 Å². The molecule has 1 heterocycles. The summed E-state index contributed by atoms with van der Waals surface area (Å²) in [6, 6.07) is 14.3. The second kappa shape index (κ2) is 11.4. The highest BCUT2D eigenvalue weighted by molar-refractivity contribution is 5.94. The topological polar surface area (TPSA) is 70.1 Å². The molecule has 5 rings (SSSR count). The Morgan fingerprint density at radius 1 is 0.973 bits per heavy atom. The number of piperazine rings is 1. The Morgan fingerprint density at radius 3 is 2.46 bits per heavy atom. The van der Waals surface area contributed by atoms with Gasteiger partial charge in [0.05, 0.1) is 18.1 Å². The van der Waals surface area contributed by atoms with E-state index in [0.29, 0.717) is 57.5 Å². The molecule has 2 aliphatic carbocycles. The van der Waals surface area contributed by atoms with E-state index in [1.54, 1.807) is 4.90 Å². The third kappa shape index (κ3) is 5.50. The van der Waals surface area contributed by atoms with Crippen LogP contribution in [0.5, 0.6) is 0 Å². The Balaban J connectivity index is 1.40. The average Bonchev–Trinajstić information content (AvgIpc) is 2.93. The van der Waals surface area contributed by atoms with E-state index in [1.807, 2.05) is 29.2 Å². The van der Waals surface area contributed by atoms with Crippen molar-refractivity contribution in [2.24, 2.45) is 11.8 Å². The molecular weight excluding hydrogens is 464 g/mol. The van der Waals surface area contributed by atoms with Crippen molar-refractivity contribution in [1.82, 2.24) is 9.80 Å². The highest BCUT2D eigenvalue weighted by Crippen LogP contribution is 2.50. The van der Waals surface area contributed by atoms with Crippen LogP contribution in [0.25, 0.3) is 10.8 Å². The van der Waals surface area contributed by atoms with E-state index >= 15 is 0 Å². The van der Waals surface area contributed by atoms with Gasteiger partial charge >= 0.3 is 6.09 Å². The number of aliphatic hydroxyl groups is 1. The van der Waals surface area contributed by atoms with Crippen molar-refractivity contribution in [3.63, 3.8) is 0 Å². The fourth-order valence-electron chi connectivity index (χ4n) is 7.03. The molecule has 6 heteroatoms. The molecule has 6 nitrogen and oxygen atoms in total. The van der Waals surface area contributed by atoms with E-state index in [2.05, 4.69) is 25.1 Å². The molecule has 4 atom stereocenters. The molecule has 0 bridgehead atoms. The maximum atomic E-state index is 14.3. The van der Waals surface area contributed by atoms with Gasteiger partial charge < -0.3 is 19.6 Å². The highest BCUT2D eigenvalue weighted by atomic mass is 16.6. The van der Waals surface area contributed by atoms with E-state index in [9.17, 15) is 14.7 Å². The van der Waals surface area contributed by atoms with Crippen LogP contribution in [0.2, 0.25) is 0 Å². The summed E-state index contributed by atoms with van der Waals surface area (Å²) in [5.74, 6) is 0.559. The first-order chi connectivity index (χ1) is 18.0. The lowest BCUT2D eigenvalue weighted by atomic mass is 9.61. The second-order valence-electron chi connectivity index (χ2n) is 11.4. The number of unbranched alkanes of at least 4 members (excludes halogenated alkanes) is 1. The van der Waals surface area contributed by atoms with Crippen LogP contribution in [0.3, 0.4) is 0 Å². The maximum absolute atomic E-state index is 14.3. The molecule has 0 radical (unpaired) electrons. The first-order valence-corrected chi connectivity index (χ1v) is 14.4. The van der Waals surface area contributed by atoms with Gasteiger partial charge in [0.1, 0.15) is 0 Å². The van der Waals surface area contributed by atoms with E-state index in [4.69, 9.17) is 4.74 Å². The summed E-state index contributed by atoms with van der Waals surface area (Å²) in [5.41, 5.74) is -0.128. The zero-order chi connectivity index (χ0) is 25.8. The van der Waals surface area contributed by atoms with Gasteiger partial charge in [-0.15, -0.1) is 0 Å². The smallest absolute Gasteiger partial charge is 0.409 e. The van der Waals surface area contributed by atoms with Crippen molar-refractivity contribution in [3.8, 4) is 0 Å². The molecule has 4 unspecified atom stereocenters. The standard InChI is InChI=1S/C31H42N2O4/c1-2-3-21-37-30(35)33-19-17-32(18-20-33)29(34)28(27-14-8-12-24-10-6-7-13-26(24)27)31(36)16-15-23-9-4-5-11-25(23)22-31/h6-8,10,12-14,23,25,28,36H,2-5,9,11,15-22H2,1H3. The van der Waals surface area contributed by atoms with Gasteiger partial charge in [0.15, 0.2) is 0 Å². The third-order valence-corrected chi connectivity index (χ3v) is 9.12. The van der Waals surface area contributed by atoms with Gasteiger partial charge in [0.2, 0.25) is 5.91 Å². The van der Waals surface area contributed by atoms with Crippen molar-refractivity contribution in [2.45, 2.75) is 76.2 Å². The number of fused-ring (bicyclic) bond motifs is 2. The van der Waals surface area contributed by atoms with Gasteiger partial charge in [-0.1, -0.05) is 81.5 Å². The van der Waals surface area contributed by atoms with Crippen LogP contribution in [-0.2, 0) is 9.53 Å². The number of carbonyl (C=O) groups excluding carboxylic acids is 2. The number of ether oxygens (including phenoxy) is 1. The lowest BCUT2D eigenvalue weighted by Gasteiger charge is -2.48. The zero-order valence-corrected chi connectivity index (χ0v) is 22.2. The molecule has 2 saturated carbocycles. The Kier molecular flexibility index (Phi) is 8.04. The molecule has 3 fully saturated rings. The first-order valence-electron chi connectivity index (χ1n) is 14.4. The Labute approximate surface area is 221 Å². The molecule has 200 valence electrons. The average molecular weight is 507 g/mol. The predicted octanol–water partition coefficient (Wildman–Crippen LogP) is 5.73. The van der Waals surface area contributed by atoms with Crippen molar-refractivity contribution in [2.75, 3.05) is 32.8 Å². The molecule has 0 spiro atoms. The molecule has 3 aliphatic rings. The van der Waals surface area contributed by atoms with Gasteiger partial charge in [-0.05, 0) is 53.9 Å². The minimum Gasteiger partial charge on any atom is -0.449 e. The molecule has 1 N–H and O–H groups in total. The minimum absolute atomic E-state index is 0.00730. The van der Waals surface area contributed by atoms with Crippen LogP contribution in [0.4, 0.5) is 4.79 Å². The number of hydrogen-bond donors (Lipinski definition) is 1. The number of amides is 2. The molecule has 2 aromatic carbocycles. The number of carbonyl (C=O) groups is 2. The van der Waals surface area contributed by atoms with Crippen LogP contribution < -0.4 is 0 Å². The van der Waals surface area contributed by atoms with Crippen molar-refractivity contribution < 1.29 is 19.4 Å². The molecule has 2 amide bonds. The summed E-state index contributed by atoms with van der Waals surface area (Å²) in [7, 11) is 0. The summed E-state index contributed by atoms with van der Waals surface area (Å²) < 4.78 is 5.39. The van der Waals surface area contributed by atoms with Gasteiger partial charge in [-0.25, -0.2) is 4.79 Å². The van der Waals surface area contributed by atoms with E-state index in [1.165, 1.54) is 19.3 Å². The third-order valence-electron chi connectivity index (χ3n) is 9.12. The Bertz CT molecular complexity index is 1090. The highest BCUT2D eigenvalue weighted by Gasteiger charge is 2.50. The second-order valence-corrected chi connectivity index (χ2v) is 11.4. The Morgan fingerprint density at radius 2 is 1.68 bits per heavy atom. The zero-order valence-electron chi connectivity index (χ0n) is 22.2. The molecule has 37 heavy (non-hydrogen) atoms. The number of nitrogens with zero attached hydrogens (tertiary/aromatic N) is 2. The quantitative estimate of drug-likeness (QED) is 0.508. The van der Waals surface area contributed by atoms with Gasteiger partial charge in [0, 0.05) is 26.2 Å². The molecular formula is C31H42N2O4. The van der Waals surface area contributed by atoms with E-state index < -0.39 is 11.5 Å². The largest absolute Gasteiger partial charge is 0.449 e. The molecule has 0 aromatic heterocycles. The number of benzene rings is 2. The summed E-state index contributed by atoms with van der Waals surface area (Å²) in [6.45, 7) is 4.35. The van der Waals surface area contributed by atoms with Crippen LogP contribution >= 0.6 is 0 Å². The summed E-state index contributed by atoms with van der Waals surface area (Å²) in [6.07, 6.45) is 8.82. The lowest BCUT2D eigenvalue weighted by molar-refractivity contribution is -0.146.